The Morgan fingerprint density at radius 2 is 0.822 bits per heavy atom. The van der Waals surface area contributed by atoms with Crippen LogP contribution in [-0.2, 0) is 80.0 Å². The Morgan fingerprint density at radius 1 is 0.458 bits per heavy atom. The number of carboxylic acid groups (broad SMARTS) is 1. The molecule has 0 unspecified atom stereocenters. The summed E-state index contributed by atoms with van der Waals surface area (Å²) in [6, 6.07) is -11.1. The Bertz CT molecular complexity index is 3340. The Balaban J connectivity index is 2.39. The van der Waals surface area contributed by atoms with Crippen molar-refractivity contribution in [2.75, 3.05) is 45.1 Å². The van der Waals surface area contributed by atoms with E-state index in [9.17, 15) is 103 Å². The molecule has 41 nitrogen and oxygen atoms in total. The van der Waals surface area contributed by atoms with Crippen molar-refractivity contribution in [3.8, 4) is 11.5 Å². The minimum atomic E-state index is -1.94. The number of aromatic hydroxyl groups is 2. The predicted molar refractivity (Wildman–Crippen MR) is 390 cm³/mol. The van der Waals surface area contributed by atoms with Gasteiger partial charge in [0.2, 0.25) is 76.8 Å². The molecular formula is C64H104N20O21S2. The minimum Gasteiger partial charge on any atom is -0.508 e. The normalized spacial score (nSPS) is 15.5. The summed E-state index contributed by atoms with van der Waals surface area (Å²) >= 11 is 8.65. The van der Waals surface area contributed by atoms with Crippen LogP contribution in [0.4, 0.5) is 0 Å². The summed E-state index contributed by atoms with van der Waals surface area (Å²) in [7, 11) is 0. The number of nitrogens with two attached hydrogens (primary N) is 6. The molecule has 43 heteroatoms. The molecule has 2 rings (SSSR count). The number of hydrogen-bond donors (Lipinski definition) is 29. The molecule has 13 amide bonds. The summed E-state index contributed by atoms with van der Waals surface area (Å²) in [4.78, 5) is 191. The molecule has 598 valence electrons. The van der Waals surface area contributed by atoms with Gasteiger partial charge in [0.25, 0.3) is 0 Å². The smallest absolute Gasteiger partial charge is 0.326 e. The van der Waals surface area contributed by atoms with Crippen molar-refractivity contribution in [2.45, 2.75) is 187 Å². The van der Waals surface area contributed by atoms with Gasteiger partial charge in [0.1, 0.15) is 90.0 Å². The lowest BCUT2D eigenvalue weighted by Crippen LogP contribution is -2.64. The molecule has 0 aliphatic heterocycles. The maximum absolute atomic E-state index is 14.4. The second-order valence-corrected chi connectivity index (χ2v) is 26.9. The first-order valence-corrected chi connectivity index (χ1v) is 34.9. The molecule has 0 aliphatic rings. The molecule has 0 spiro atoms. The number of rotatable bonds is 49. The zero-order chi connectivity index (χ0) is 81.0. The van der Waals surface area contributed by atoms with Gasteiger partial charge in [-0.15, -0.1) is 0 Å². The summed E-state index contributed by atoms with van der Waals surface area (Å²) < 4.78 is -1.51. The number of aliphatic hydroxyl groups excluding tert-OH is 4. The van der Waals surface area contributed by atoms with Crippen molar-refractivity contribution >= 4 is 114 Å². The molecule has 0 radical (unpaired) electrons. The van der Waals surface area contributed by atoms with E-state index in [0.29, 0.717) is 17.5 Å². The van der Waals surface area contributed by atoms with Crippen LogP contribution in [0.2, 0.25) is 0 Å². The Morgan fingerprint density at radius 3 is 1.22 bits per heavy atom. The Hall–Kier alpha value is -9.73. The predicted octanol–water partition coefficient (Wildman–Crippen LogP) is -10.5. The third-order valence-electron chi connectivity index (χ3n) is 16.0. The van der Waals surface area contributed by atoms with E-state index in [4.69, 9.17) is 39.8 Å². The van der Waals surface area contributed by atoms with Gasteiger partial charge in [-0.25, -0.2) is 4.79 Å². The van der Waals surface area contributed by atoms with Gasteiger partial charge < -0.3 is 139 Å². The van der Waals surface area contributed by atoms with Crippen LogP contribution in [0.1, 0.15) is 90.2 Å². The number of aliphatic hydroxyl groups is 4. The van der Waals surface area contributed by atoms with Crippen LogP contribution >= 0.6 is 25.3 Å². The highest BCUT2D eigenvalue weighted by molar-refractivity contribution is 7.81. The van der Waals surface area contributed by atoms with Gasteiger partial charge in [-0.3, -0.25) is 67.7 Å². The van der Waals surface area contributed by atoms with Crippen molar-refractivity contribution in [3.63, 3.8) is 0 Å². The molecule has 107 heavy (non-hydrogen) atoms. The third-order valence-corrected chi connectivity index (χ3v) is 16.6. The zero-order valence-corrected chi connectivity index (χ0v) is 61.3. The van der Waals surface area contributed by atoms with Gasteiger partial charge in [-0.2, -0.15) is 25.3 Å². The number of thiol groups is 2. The van der Waals surface area contributed by atoms with E-state index in [1.807, 2.05) is 0 Å². The highest BCUT2D eigenvalue weighted by Crippen LogP contribution is 2.20. The van der Waals surface area contributed by atoms with Crippen LogP contribution in [0, 0.1) is 5.41 Å². The number of aliphatic carboxylic acids is 1. The van der Waals surface area contributed by atoms with Crippen molar-refractivity contribution in [1.82, 2.24) is 69.1 Å². The fourth-order valence-electron chi connectivity index (χ4n) is 9.94. The van der Waals surface area contributed by atoms with Gasteiger partial charge in [-0.05, 0) is 128 Å². The first-order chi connectivity index (χ1) is 50.2. The van der Waals surface area contributed by atoms with Crippen LogP contribution in [0.25, 0.3) is 0 Å². The molecule has 0 fully saturated rings. The lowest BCUT2D eigenvalue weighted by atomic mass is 9.99. The SMILES string of the molecule is C[C@@H](O)[C@H](N)C(=O)N[C@@H](Cc1ccc(O)cc1)C(=O)N[C@H](C(=O)N[C@@H](CC(N)=O)C(=O)N[C@@H](CCCNC(=N)N)C(=O)N[C@@H](CCN)C(=O)N[C@H](C(=O)N[C@H](CCN)C(=O)N[C@@H](CCCCN)C(=O)N[C@@H](CS)C(=O)N[C@@H](CO)C(=O)N[C@@H](CO)C(=O)N[C@@H](Cc1ccc(O)cc1)C(=O)O)[C@@H](C)O)C(C)(C)S. The number of hydrogen-bond acceptors (Lipinski definition) is 27. The number of phenols is 2. The van der Waals surface area contributed by atoms with Crippen LogP contribution in [-0.4, -0.2) is 265 Å². The fourth-order valence-corrected chi connectivity index (χ4v) is 10.4. The summed E-state index contributed by atoms with van der Waals surface area (Å²) in [5.74, 6) is -17.3. The second kappa shape index (κ2) is 47.1. The van der Waals surface area contributed by atoms with E-state index in [-0.39, 0.29) is 89.0 Å². The fraction of sp³-hybridized carbons (Fsp3) is 0.578. The standard InChI is InChI=1S/C64H104N20O21S2/c1-30(87)47(69)59(101)77-40(24-32-10-14-34(89)15-11-32)55(97)84-49(64(3,4)107)61(103)78-41(26-46(68)91)54(96)74-37(9-7-23-72-63(70)71)50(92)75-39(19-22-67)53(95)83-48(31(2)88)60(102)76-38(18-21-66)52(94)73-36(8-5-6-20-65)51(93)82-45(29-106)58(100)81-44(28-86)57(99)80-43(27-85)56(98)79-42(62(104)105)25-33-12-16-35(90)17-13-33/h10-17,30-31,36-45,47-49,85-90,106-107H,5-9,18-29,65-67,69H2,1-4H3,(H2,68,91)(H,73,94)(H,74,96)(H,75,92)(H,76,102)(H,77,101)(H,78,103)(H,79,98)(H,80,99)(H,81,100)(H,82,93)(H,83,95)(H,84,97)(H,104,105)(H4,70,71,72)/t30-,31-,36+,37+,38-,39+,40+,41+,42+,43+,44+,45+,47+,48+,49-/m1/s1. The van der Waals surface area contributed by atoms with Gasteiger partial charge in [0.05, 0.1) is 31.8 Å². The number of guanidine groups is 1. The van der Waals surface area contributed by atoms with Gasteiger partial charge in [0.15, 0.2) is 5.96 Å². The largest absolute Gasteiger partial charge is 0.508 e. The molecule has 0 saturated carbocycles. The molecule has 2 aromatic rings. The topological polar surface area (TPSA) is 717 Å². The number of carboxylic acids is 1. The molecule has 15 atom stereocenters. The molecule has 0 aromatic heterocycles. The average molecular weight is 1550 g/mol. The molecule has 0 heterocycles. The highest BCUT2D eigenvalue weighted by Gasteiger charge is 2.41. The lowest BCUT2D eigenvalue weighted by Gasteiger charge is -2.33. The van der Waals surface area contributed by atoms with Gasteiger partial charge >= 0.3 is 5.97 Å². The number of carbonyl (C=O) groups excluding carboxylic acids is 13. The van der Waals surface area contributed by atoms with Crippen LogP contribution < -0.4 is 104 Å². The van der Waals surface area contributed by atoms with Crippen molar-refractivity contribution in [2.24, 2.45) is 34.4 Å². The number of amides is 13. The number of unbranched alkanes of at least 4 members (excludes halogenated alkanes) is 1. The lowest BCUT2D eigenvalue weighted by molar-refractivity contribution is -0.142. The van der Waals surface area contributed by atoms with Crippen LogP contribution in [0.15, 0.2) is 48.5 Å². The number of carbonyl (C=O) groups is 14. The summed E-state index contributed by atoms with van der Waals surface area (Å²) in [5.41, 5.74) is 35.1. The first kappa shape index (κ1) is 93.4. The van der Waals surface area contributed by atoms with E-state index >= 15 is 0 Å². The number of benzene rings is 2. The van der Waals surface area contributed by atoms with Gasteiger partial charge in [0, 0.05) is 29.9 Å². The number of phenolic OH excluding ortho intramolecular Hbond substituents is 2. The monoisotopic (exact) mass is 1550 g/mol. The van der Waals surface area contributed by atoms with Gasteiger partial charge in [-0.1, -0.05) is 24.3 Å². The average Bonchev–Trinajstić information content (AvgIpc) is 0.833. The quantitative estimate of drug-likeness (QED) is 0.0127. The summed E-state index contributed by atoms with van der Waals surface area (Å²) in [6.07, 6.45) is -5.33. The number of nitrogens with one attached hydrogen (secondary N) is 14. The Labute approximate surface area is 626 Å². The van der Waals surface area contributed by atoms with E-state index in [0.717, 1.165) is 6.92 Å². The van der Waals surface area contributed by atoms with Crippen molar-refractivity contribution in [1.29, 1.82) is 5.41 Å². The van der Waals surface area contributed by atoms with E-state index < -0.39 is 210 Å². The molecule has 0 aliphatic carbocycles. The summed E-state index contributed by atoms with van der Waals surface area (Å²) in [5, 5.41) is 108. The van der Waals surface area contributed by atoms with E-state index in [1.165, 1.54) is 69.3 Å². The van der Waals surface area contributed by atoms with Crippen molar-refractivity contribution < 1.29 is 103 Å². The van der Waals surface area contributed by atoms with Crippen LogP contribution in [0.5, 0.6) is 11.5 Å². The molecule has 2 aromatic carbocycles. The zero-order valence-electron chi connectivity index (χ0n) is 59.5. The maximum Gasteiger partial charge on any atom is 0.326 e. The van der Waals surface area contributed by atoms with Crippen LogP contribution in [0.3, 0.4) is 0 Å². The highest BCUT2D eigenvalue weighted by atomic mass is 32.1. The number of primary amides is 1. The minimum absolute atomic E-state index is 0.0429. The molecular weight excluding hydrogens is 1450 g/mol. The second-order valence-electron chi connectivity index (χ2n) is 25.4. The molecule has 0 saturated heterocycles. The molecule has 33 N–H and O–H groups in total. The van der Waals surface area contributed by atoms with E-state index in [1.54, 1.807) is 0 Å². The Kier molecular flexibility index (Phi) is 41.1. The molecule has 0 bridgehead atoms. The maximum atomic E-state index is 14.4. The first-order valence-electron chi connectivity index (χ1n) is 33.8. The third kappa shape index (κ3) is 33.3. The van der Waals surface area contributed by atoms with E-state index in [2.05, 4.69) is 94.4 Å². The van der Waals surface area contributed by atoms with Crippen molar-refractivity contribution in [3.05, 3.63) is 59.7 Å². The summed E-state index contributed by atoms with van der Waals surface area (Å²) in [6.45, 7) is 2.33.